The predicted octanol–water partition coefficient (Wildman–Crippen LogP) is 7.60. The summed E-state index contributed by atoms with van der Waals surface area (Å²) in [5.41, 5.74) is 5.54. The smallest absolute Gasteiger partial charge is 0.134 e. The summed E-state index contributed by atoms with van der Waals surface area (Å²) in [5.74, 6) is 5.64. The molecule has 0 aliphatic heterocycles. The van der Waals surface area contributed by atoms with Gasteiger partial charge in [-0.25, -0.2) is 0 Å². The van der Waals surface area contributed by atoms with Crippen LogP contribution in [-0.4, -0.2) is 17.3 Å². The number of hydrogen-bond acceptors (Lipinski definition) is 3. The summed E-state index contributed by atoms with van der Waals surface area (Å²) in [7, 11) is 0. The fourth-order valence-electron chi connectivity index (χ4n) is 3.36. The van der Waals surface area contributed by atoms with E-state index in [1.165, 1.54) is 22.3 Å². The molecular weight excluding hydrogens is 404 g/mol. The van der Waals surface area contributed by atoms with E-state index in [1.807, 2.05) is 23.5 Å². The van der Waals surface area contributed by atoms with Crippen LogP contribution in [-0.2, 0) is 29.1 Å². The number of hydrogen-bond donors (Lipinski definition) is 0. The Bertz CT molecular complexity index is 669. The van der Waals surface area contributed by atoms with Crippen LogP contribution in [0.15, 0.2) is 48.5 Å². The molecule has 0 saturated carbocycles. The number of Topliss-reactive ketones (excluding diaryl/α,β-unsaturated/α-hetero) is 1. The Labute approximate surface area is 192 Å². The van der Waals surface area contributed by atoms with E-state index < -0.39 is 0 Å². The standard InChI is InChI=1S/C27H38OS2/c1-21(2)17-23-5-9-25(10-6-23)19-29-15-13-27(28)14-16-30-20-26-11-7-24(8-12-26)18-22(3)4/h5-12,21-22H,13-20H2,1-4H3. The Balaban J connectivity index is 1.54. The lowest BCUT2D eigenvalue weighted by Crippen LogP contribution is -2.01. The summed E-state index contributed by atoms with van der Waals surface area (Å²) >= 11 is 3.74. The molecule has 0 atom stereocenters. The molecule has 0 fully saturated rings. The first-order valence-electron chi connectivity index (χ1n) is 11.2. The van der Waals surface area contributed by atoms with Crippen molar-refractivity contribution >= 4 is 29.3 Å². The monoisotopic (exact) mass is 442 g/mol. The number of rotatable bonds is 14. The van der Waals surface area contributed by atoms with Gasteiger partial charge in [-0.1, -0.05) is 76.2 Å². The van der Waals surface area contributed by atoms with E-state index in [9.17, 15) is 4.79 Å². The predicted molar refractivity (Wildman–Crippen MR) is 137 cm³/mol. The van der Waals surface area contributed by atoms with Crippen molar-refractivity contribution in [2.24, 2.45) is 11.8 Å². The van der Waals surface area contributed by atoms with Gasteiger partial charge in [0.05, 0.1) is 0 Å². The highest BCUT2D eigenvalue weighted by Gasteiger charge is 2.04. The minimum absolute atomic E-state index is 0.398. The zero-order valence-corrected chi connectivity index (χ0v) is 20.8. The normalized spacial score (nSPS) is 11.4. The van der Waals surface area contributed by atoms with Crippen LogP contribution in [0.1, 0.15) is 62.8 Å². The fraction of sp³-hybridized carbons (Fsp3) is 0.519. The van der Waals surface area contributed by atoms with E-state index >= 15 is 0 Å². The third kappa shape index (κ3) is 10.7. The van der Waals surface area contributed by atoms with Gasteiger partial charge >= 0.3 is 0 Å². The Morgan fingerprint density at radius 1 is 0.633 bits per heavy atom. The maximum atomic E-state index is 12.1. The highest BCUT2D eigenvalue weighted by Crippen LogP contribution is 2.18. The molecule has 30 heavy (non-hydrogen) atoms. The first kappa shape index (κ1) is 25.1. The summed E-state index contributed by atoms with van der Waals surface area (Å²) in [6.45, 7) is 9.02. The molecular formula is C27H38OS2. The molecule has 0 heterocycles. The Morgan fingerprint density at radius 2 is 0.967 bits per heavy atom. The number of thioether (sulfide) groups is 2. The highest BCUT2D eigenvalue weighted by atomic mass is 32.2. The largest absolute Gasteiger partial charge is 0.300 e. The van der Waals surface area contributed by atoms with Gasteiger partial charge in [-0.3, -0.25) is 4.79 Å². The maximum absolute atomic E-state index is 12.1. The molecule has 0 saturated heterocycles. The maximum Gasteiger partial charge on any atom is 0.134 e. The van der Waals surface area contributed by atoms with Crippen molar-refractivity contribution in [1.82, 2.24) is 0 Å². The Morgan fingerprint density at radius 3 is 1.30 bits per heavy atom. The summed E-state index contributed by atoms with van der Waals surface area (Å²) in [4.78, 5) is 12.1. The van der Waals surface area contributed by atoms with Gasteiger partial charge in [0.25, 0.3) is 0 Å². The zero-order chi connectivity index (χ0) is 21.8. The van der Waals surface area contributed by atoms with E-state index in [0.717, 1.165) is 35.9 Å². The highest BCUT2D eigenvalue weighted by molar-refractivity contribution is 7.98. The number of carbonyl (C=O) groups excluding carboxylic acids is 1. The Hall–Kier alpha value is -1.19. The number of benzene rings is 2. The first-order chi connectivity index (χ1) is 14.4. The van der Waals surface area contributed by atoms with Crippen LogP contribution in [0.25, 0.3) is 0 Å². The molecule has 0 aliphatic carbocycles. The molecule has 2 aromatic rings. The molecule has 0 unspecified atom stereocenters. The lowest BCUT2D eigenvalue weighted by atomic mass is 10.0. The minimum Gasteiger partial charge on any atom is -0.300 e. The first-order valence-corrected chi connectivity index (χ1v) is 13.6. The van der Waals surface area contributed by atoms with Gasteiger partial charge in [-0.05, 0) is 46.9 Å². The topological polar surface area (TPSA) is 17.1 Å². The van der Waals surface area contributed by atoms with E-state index in [4.69, 9.17) is 0 Å². The van der Waals surface area contributed by atoms with Crippen LogP contribution in [0.3, 0.4) is 0 Å². The van der Waals surface area contributed by atoms with Crippen LogP contribution in [0.5, 0.6) is 0 Å². The number of ketones is 1. The fourth-order valence-corrected chi connectivity index (χ4v) is 5.25. The minimum atomic E-state index is 0.398. The lowest BCUT2D eigenvalue weighted by Gasteiger charge is -2.07. The van der Waals surface area contributed by atoms with Gasteiger partial charge in [-0.15, -0.1) is 0 Å². The second-order valence-electron chi connectivity index (χ2n) is 8.97. The average Bonchev–Trinajstić information content (AvgIpc) is 2.70. The van der Waals surface area contributed by atoms with E-state index in [2.05, 4.69) is 76.2 Å². The van der Waals surface area contributed by atoms with Crippen molar-refractivity contribution in [3.63, 3.8) is 0 Å². The SMILES string of the molecule is CC(C)Cc1ccc(CSCCC(=O)CCSCc2ccc(CC(C)C)cc2)cc1. The van der Waals surface area contributed by atoms with Gasteiger partial charge in [0.15, 0.2) is 0 Å². The molecule has 0 aromatic heterocycles. The van der Waals surface area contributed by atoms with Crippen LogP contribution >= 0.6 is 23.5 Å². The quantitative estimate of drug-likeness (QED) is 0.280. The van der Waals surface area contributed by atoms with Crippen molar-refractivity contribution in [2.45, 2.75) is 64.9 Å². The van der Waals surface area contributed by atoms with Crippen molar-refractivity contribution < 1.29 is 4.79 Å². The van der Waals surface area contributed by atoms with Crippen molar-refractivity contribution in [3.05, 3.63) is 70.8 Å². The lowest BCUT2D eigenvalue weighted by molar-refractivity contribution is -0.118. The third-order valence-corrected chi connectivity index (χ3v) is 6.98. The molecule has 0 aliphatic rings. The molecule has 0 radical (unpaired) electrons. The van der Waals surface area contributed by atoms with Gasteiger partial charge in [0, 0.05) is 35.9 Å². The van der Waals surface area contributed by atoms with Gasteiger partial charge in [-0.2, -0.15) is 23.5 Å². The van der Waals surface area contributed by atoms with E-state index in [0.29, 0.717) is 30.5 Å². The van der Waals surface area contributed by atoms with Crippen LogP contribution < -0.4 is 0 Å². The molecule has 2 rings (SSSR count). The van der Waals surface area contributed by atoms with Crippen molar-refractivity contribution in [2.75, 3.05) is 11.5 Å². The van der Waals surface area contributed by atoms with Gasteiger partial charge in [0.2, 0.25) is 0 Å². The zero-order valence-electron chi connectivity index (χ0n) is 19.2. The molecule has 2 aromatic carbocycles. The van der Waals surface area contributed by atoms with Crippen LogP contribution in [0.4, 0.5) is 0 Å². The molecule has 0 N–H and O–H groups in total. The van der Waals surface area contributed by atoms with Crippen LogP contribution in [0, 0.1) is 11.8 Å². The van der Waals surface area contributed by atoms with Crippen LogP contribution in [0.2, 0.25) is 0 Å². The van der Waals surface area contributed by atoms with Gasteiger partial charge < -0.3 is 0 Å². The summed E-state index contributed by atoms with van der Waals surface area (Å²) in [6.07, 6.45) is 3.67. The van der Waals surface area contributed by atoms with E-state index in [-0.39, 0.29) is 0 Å². The summed E-state index contributed by atoms with van der Waals surface area (Å²) < 4.78 is 0. The molecule has 164 valence electrons. The molecule has 3 heteroatoms. The van der Waals surface area contributed by atoms with E-state index in [1.54, 1.807) is 0 Å². The Kier molecular flexibility index (Phi) is 11.7. The average molecular weight is 443 g/mol. The summed E-state index contributed by atoms with van der Waals surface area (Å²) in [5, 5.41) is 0. The van der Waals surface area contributed by atoms with Gasteiger partial charge in [0.1, 0.15) is 5.78 Å². The molecule has 1 nitrogen and oxygen atoms in total. The molecule has 0 amide bonds. The second-order valence-corrected chi connectivity index (χ2v) is 11.2. The summed E-state index contributed by atoms with van der Waals surface area (Å²) in [6, 6.07) is 17.9. The third-order valence-electron chi connectivity index (χ3n) is 4.92. The molecule has 0 bridgehead atoms. The molecule has 0 spiro atoms. The van der Waals surface area contributed by atoms with Crippen molar-refractivity contribution in [3.8, 4) is 0 Å². The number of carbonyl (C=O) groups is 1. The van der Waals surface area contributed by atoms with Crippen molar-refractivity contribution in [1.29, 1.82) is 0 Å². The second kappa shape index (κ2) is 14.0.